The summed E-state index contributed by atoms with van der Waals surface area (Å²) >= 11 is 8.25. The van der Waals surface area contributed by atoms with E-state index in [9.17, 15) is 29.7 Å². The number of hydrogen-bond donors (Lipinski definition) is 5. The van der Waals surface area contributed by atoms with Gasteiger partial charge in [0.25, 0.3) is 0 Å². The molecule has 7 atom stereocenters. The standard InChI is InChI=1S/C38H37N3O10.S3/c1-6-11-24-28-27(12-9-7-8-10-16-38(24,47)19-26(43)30(28)41-36(46)49-5)51-35-32(48-4)34(45)37(3,20(2)50-35)33(44)31-29-22(15-17-39-31)23-18-21(42)13-14-25(23)40-29;1-3-2/h7-8,11,13-15,17-18,20,27,32,34-35,40,42,45,47H,6,19H2,1-5H3,(H,41,46);/b8-7-,24-11+;/t20?,27-,32?,34?,35?,37?,38-;/m0./s1. The smallest absolute Gasteiger partial charge is 0.411 e. The van der Waals surface area contributed by atoms with Gasteiger partial charge in [0.05, 0.1) is 36.3 Å². The number of aromatic hydroxyl groups is 1. The number of aliphatic hydroxyl groups excluding tert-OH is 1. The van der Waals surface area contributed by atoms with Crippen molar-refractivity contribution in [1.82, 2.24) is 15.3 Å². The van der Waals surface area contributed by atoms with Crippen LogP contribution in [0.1, 0.15) is 44.1 Å². The van der Waals surface area contributed by atoms with Crippen molar-refractivity contribution in [1.29, 1.82) is 0 Å². The van der Waals surface area contributed by atoms with Gasteiger partial charge in [-0.15, -0.1) is 0 Å². The second kappa shape index (κ2) is 16.8. The van der Waals surface area contributed by atoms with E-state index in [0.717, 1.165) is 16.0 Å². The largest absolute Gasteiger partial charge is 0.508 e. The Morgan fingerprint density at radius 2 is 1.93 bits per heavy atom. The molecule has 3 aliphatic rings. The number of ether oxygens (including phenoxy) is 4. The minimum Gasteiger partial charge on any atom is -0.508 e. The third kappa shape index (κ3) is 7.52. The Balaban J connectivity index is 0.00000181. The van der Waals surface area contributed by atoms with Gasteiger partial charge in [-0.1, -0.05) is 36.7 Å². The number of allylic oxidation sites excluding steroid dienone is 4. The van der Waals surface area contributed by atoms with E-state index < -0.39 is 65.8 Å². The number of nitrogens with zero attached hydrogens (tertiary/aromatic N) is 1. The van der Waals surface area contributed by atoms with Crippen LogP contribution in [0, 0.1) is 29.1 Å². The van der Waals surface area contributed by atoms with Crippen LogP contribution in [0.15, 0.2) is 65.5 Å². The van der Waals surface area contributed by atoms with E-state index in [2.05, 4.69) is 61.3 Å². The third-order valence-electron chi connectivity index (χ3n) is 9.65. The number of rotatable bonds is 7. The molecule has 5 unspecified atom stereocenters. The molecule has 1 amide bonds. The zero-order valence-corrected chi connectivity index (χ0v) is 32.2. The number of hydrogen-bond acceptors (Lipinski definition) is 13. The van der Waals surface area contributed by atoms with Crippen LogP contribution < -0.4 is 5.32 Å². The quantitative estimate of drug-likeness (QED) is 0.173. The fraction of sp³-hybridized carbons (Fsp3) is 0.368. The lowest BCUT2D eigenvalue weighted by molar-refractivity contribution is -0.302. The predicted molar refractivity (Wildman–Crippen MR) is 206 cm³/mol. The molecule has 282 valence electrons. The number of ketones is 2. The van der Waals surface area contributed by atoms with E-state index in [1.807, 2.05) is 6.92 Å². The normalized spacial score (nSPS) is 28.8. The van der Waals surface area contributed by atoms with Gasteiger partial charge < -0.3 is 39.3 Å². The van der Waals surface area contributed by atoms with Crippen LogP contribution in [-0.2, 0) is 55.0 Å². The number of amides is 1. The molecule has 6 rings (SSSR count). The van der Waals surface area contributed by atoms with Gasteiger partial charge in [-0.3, -0.25) is 19.9 Å². The first-order valence-electron chi connectivity index (χ1n) is 16.6. The highest BCUT2D eigenvalue weighted by molar-refractivity contribution is 8.37. The molecule has 5 N–H and O–H groups in total. The number of carbonyl (C=O) groups excluding carboxylic acids is 3. The minimum atomic E-state index is -1.95. The average molecular weight is 792 g/mol. The molecule has 2 aliphatic carbocycles. The van der Waals surface area contributed by atoms with Gasteiger partial charge in [0.1, 0.15) is 29.8 Å². The monoisotopic (exact) mass is 791 g/mol. The van der Waals surface area contributed by atoms with Gasteiger partial charge in [0.15, 0.2) is 23.5 Å². The third-order valence-corrected chi connectivity index (χ3v) is 9.65. The SMILES string of the molecule is CC/C=C1\C2=C(NC(=O)OC)C(=O)C[C@@]1(O)C#C/C=C\C#C[C@@H]2OC1OC(C)C(C)(C(=O)c2nccc3c2[nH]c2ccc(O)cc23)C(O)C1OC.S=S=S. The van der Waals surface area contributed by atoms with Crippen molar-refractivity contribution >= 4 is 70.7 Å². The molecule has 1 saturated heterocycles. The summed E-state index contributed by atoms with van der Waals surface area (Å²) in [6.45, 7) is 4.99. The van der Waals surface area contributed by atoms with E-state index in [1.54, 1.807) is 38.1 Å². The number of aliphatic hydroxyl groups is 2. The van der Waals surface area contributed by atoms with Crippen LogP contribution in [0.3, 0.4) is 0 Å². The zero-order chi connectivity index (χ0) is 39.4. The first-order chi connectivity index (χ1) is 25.8. The number of carbonyl (C=O) groups is 3. The molecule has 2 bridgehead atoms. The second-order valence-electron chi connectivity index (χ2n) is 12.7. The number of aromatic amines is 1. The van der Waals surface area contributed by atoms with Crippen molar-refractivity contribution in [3.05, 3.63) is 71.2 Å². The first-order valence-corrected chi connectivity index (χ1v) is 19.3. The molecule has 1 aliphatic heterocycles. The van der Waals surface area contributed by atoms with Crippen LogP contribution in [0.2, 0.25) is 0 Å². The number of Topliss-reactive ketones (excluding diaryl/α,β-unsaturated/α-hetero) is 2. The lowest BCUT2D eigenvalue weighted by Crippen LogP contribution is -2.64. The molecule has 0 spiro atoms. The van der Waals surface area contributed by atoms with E-state index in [0.29, 0.717) is 28.2 Å². The summed E-state index contributed by atoms with van der Waals surface area (Å²) in [6.07, 6.45) is -1.50. The molecule has 16 heteroatoms. The first kappa shape index (κ1) is 40.6. The molecule has 2 aromatic heterocycles. The van der Waals surface area contributed by atoms with Crippen molar-refractivity contribution in [2.75, 3.05) is 14.2 Å². The number of benzene rings is 1. The molecule has 1 fully saturated rings. The molecule has 0 radical (unpaired) electrons. The number of nitrogens with one attached hydrogen (secondary N) is 2. The van der Waals surface area contributed by atoms with Gasteiger partial charge in [0.2, 0.25) is 0 Å². The van der Waals surface area contributed by atoms with Crippen molar-refractivity contribution < 1.29 is 48.7 Å². The number of H-pyrrole nitrogens is 1. The summed E-state index contributed by atoms with van der Waals surface area (Å²) in [7, 11) is 3.38. The summed E-state index contributed by atoms with van der Waals surface area (Å²) in [5.41, 5.74) is -2.39. The van der Waals surface area contributed by atoms with Gasteiger partial charge >= 0.3 is 6.09 Å². The summed E-state index contributed by atoms with van der Waals surface area (Å²) in [5.74, 6) is 10.1. The Morgan fingerprint density at radius 1 is 1.20 bits per heavy atom. The second-order valence-corrected chi connectivity index (χ2v) is 14.5. The summed E-state index contributed by atoms with van der Waals surface area (Å²) < 4.78 is 23.3. The molecule has 3 heterocycles. The fourth-order valence-electron chi connectivity index (χ4n) is 6.81. The molecule has 13 nitrogen and oxygen atoms in total. The molecular weight excluding hydrogens is 755 g/mol. The lowest BCUT2D eigenvalue weighted by atomic mass is 9.70. The van der Waals surface area contributed by atoms with Gasteiger partial charge in [-0.2, -0.15) is 0 Å². The number of fused-ring (bicyclic) bond motifs is 5. The minimum absolute atomic E-state index is 0.0313. The number of phenols is 1. The van der Waals surface area contributed by atoms with Crippen LogP contribution in [-0.4, -0.2) is 93.5 Å². The average Bonchev–Trinajstić information content (AvgIpc) is 3.51. The van der Waals surface area contributed by atoms with Crippen LogP contribution in [0.5, 0.6) is 5.75 Å². The van der Waals surface area contributed by atoms with E-state index in [1.165, 1.54) is 31.5 Å². The van der Waals surface area contributed by atoms with E-state index >= 15 is 0 Å². The maximum atomic E-state index is 14.5. The molecular formula is C38H37N3O10S3. The topological polar surface area (TPSA) is 190 Å². The van der Waals surface area contributed by atoms with Gasteiger partial charge in [-0.25, -0.2) is 4.79 Å². The Morgan fingerprint density at radius 3 is 2.61 bits per heavy atom. The highest BCUT2D eigenvalue weighted by Crippen LogP contribution is 2.44. The fourth-order valence-corrected chi connectivity index (χ4v) is 6.81. The molecule has 0 saturated carbocycles. The van der Waals surface area contributed by atoms with Crippen LogP contribution in [0.4, 0.5) is 4.79 Å². The number of methoxy groups -OCH3 is 2. The number of alkyl carbamates (subject to hydrolysis) is 1. The molecule has 54 heavy (non-hydrogen) atoms. The van der Waals surface area contributed by atoms with E-state index in [4.69, 9.17) is 18.9 Å². The maximum Gasteiger partial charge on any atom is 0.411 e. The summed E-state index contributed by atoms with van der Waals surface area (Å²) in [6, 6.07) is 6.53. The Hall–Kier alpha value is -4.62. The lowest BCUT2D eigenvalue weighted by Gasteiger charge is -2.49. The predicted octanol–water partition coefficient (Wildman–Crippen LogP) is 3.34. The van der Waals surface area contributed by atoms with Crippen LogP contribution in [0.25, 0.3) is 21.8 Å². The van der Waals surface area contributed by atoms with Crippen molar-refractivity contribution in [2.24, 2.45) is 5.41 Å². The van der Waals surface area contributed by atoms with Crippen molar-refractivity contribution in [3.8, 4) is 29.4 Å². The highest BCUT2D eigenvalue weighted by Gasteiger charge is 2.58. The van der Waals surface area contributed by atoms with Gasteiger partial charge in [0, 0.05) is 72.0 Å². The number of pyridine rings is 1. The Labute approximate surface area is 323 Å². The zero-order valence-electron chi connectivity index (χ0n) is 29.8. The molecule has 3 aromatic rings. The highest BCUT2D eigenvalue weighted by atomic mass is 33.1. The van der Waals surface area contributed by atoms with Crippen LogP contribution >= 0.6 is 0 Å². The number of phenolic OH excluding ortho intramolecular Hbond substituents is 1. The summed E-state index contributed by atoms with van der Waals surface area (Å²) in [4.78, 5) is 48.1. The maximum absolute atomic E-state index is 14.5. The summed E-state index contributed by atoms with van der Waals surface area (Å²) in [5, 5.41) is 37.6. The van der Waals surface area contributed by atoms with Crippen molar-refractivity contribution in [2.45, 2.75) is 69.9 Å². The number of aromatic nitrogens is 2. The Kier molecular flexibility index (Phi) is 12.6. The van der Waals surface area contributed by atoms with E-state index in [-0.39, 0.29) is 28.3 Å². The Bertz CT molecular complexity index is 2270. The van der Waals surface area contributed by atoms with Crippen molar-refractivity contribution in [3.63, 3.8) is 0 Å². The molecule has 1 aromatic carbocycles. The van der Waals surface area contributed by atoms with Gasteiger partial charge in [-0.05, 0) is 56.7 Å².